The molecule has 0 amide bonds. The number of hydrogen-bond acceptors (Lipinski definition) is 7. The molecule has 1 N–H and O–H groups in total. The minimum absolute atomic E-state index is 0.0829. The number of ether oxygens (including phenoxy) is 3. The van der Waals surface area contributed by atoms with E-state index in [0.717, 1.165) is 16.8 Å². The molecule has 32 heavy (non-hydrogen) atoms. The second kappa shape index (κ2) is 10.7. The van der Waals surface area contributed by atoms with Gasteiger partial charge in [0, 0.05) is 28.6 Å². The zero-order valence-electron chi connectivity index (χ0n) is 18.7. The molecule has 0 radical (unpaired) electrons. The van der Waals surface area contributed by atoms with Crippen LogP contribution >= 0.6 is 11.3 Å². The SMILES string of the molecule is C=C(C)CN=c1scc(-c2ccc(OC)cc2OC)n1N=Cc1ccc(OCC)cc1O. The molecule has 0 aliphatic rings. The minimum Gasteiger partial charge on any atom is -0.507 e. The first kappa shape index (κ1) is 23.1. The number of aromatic nitrogens is 1. The summed E-state index contributed by atoms with van der Waals surface area (Å²) >= 11 is 1.46. The number of phenols is 1. The normalized spacial score (nSPS) is 11.7. The largest absolute Gasteiger partial charge is 0.507 e. The van der Waals surface area contributed by atoms with Crippen molar-refractivity contribution in [2.75, 3.05) is 27.4 Å². The van der Waals surface area contributed by atoms with Gasteiger partial charge < -0.3 is 19.3 Å². The summed E-state index contributed by atoms with van der Waals surface area (Å²) in [7, 11) is 3.23. The molecule has 2 aromatic carbocycles. The lowest BCUT2D eigenvalue weighted by molar-refractivity contribution is 0.337. The molecular weight excluding hydrogens is 426 g/mol. The molecule has 1 heterocycles. The van der Waals surface area contributed by atoms with Gasteiger partial charge in [-0.25, -0.2) is 4.68 Å². The van der Waals surface area contributed by atoms with Gasteiger partial charge in [0.1, 0.15) is 23.0 Å². The van der Waals surface area contributed by atoms with E-state index in [4.69, 9.17) is 14.2 Å². The van der Waals surface area contributed by atoms with Gasteiger partial charge in [-0.05, 0) is 38.1 Å². The molecule has 0 aliphatic heterocycles. The molecule has 3 aromatic rings. The third kappa shape index (κ3) is 5.39. The Kier molecular flexibility index (Phi) is 7.72. The summed E-state index contributed by atoms with van der Waals surface area (Å²) in [5.74, 6) is 2.04. The van der Waals surface area contributed by atoms with Crippen LogP contribution in [0, 0.1) is 0 Å². The van der Waals surface area contributed by atoms with E-state index in [-0.39, 0.29) is 5.75 Å². The molecule has 0 saturated heterocycles. The Bertz CT molecular complexity index is 1190. The number of hydrogen-bond donors (Lipinski definition) is 1. The summed E-state index contributed by atoms with van der Waals surface area (Å²) in [5.41, 5.74) is 3.15. The van der Waals surface area contributed by atoms with Crippen LogP contribution in [0.15, 0.2) is 64.0 Å². The number of nitrogens with zero attached hydrogens (tertiary/aromatic N) is 3. The molecule has 0 fully saturated rings. The van der Waals surface area contributed by atoms with Crippen molar-refractivity contribution in [3.63, 3.8) is 0 Å². The highest BCUT2D eigenvalue weighted by atomic mass is 32.1. The van der Waals surface area contributed by atoms with Crippen LogP contribution in [0.3, 0.4) is 0 Å². The zero-order valence-corrected chi connectivity index (χ0v) is 19.5. The second-order valence-electron chi connectivity index (χ2n) is 6.95. The molecule has 0 bridgehead atoms. The Balaban J connectivity index is 2.10. The van der Waals surface area contributed by atoms with Crippen molar-refractivity contribution in [3.05, 3.63) is 64.3 Å². The van der Waals surface area contributed by atoms with Gasteiger partial charge in [-0.15, -0.1) is 11.3 Å². The van der Waals surface area contributed by atoms with Crippen molar-refractivity contribution in [2.24, 2.45) is 10.1 Å². The van der Waals surface area contributed by atoms with Crippen molar-refractivity contribution in [1.82, 2.24) is 4.68 Å². The maximum atomic E-state index is 10.4. The monoisotopic (exact) mass is 453 g/mol. The Morgan fingerprint density at radius 1 is 1.16 bits per heavy atom. The van der Waals surface area contributed by atoms with E-state index in [2.05, 4.69) is 16.7 Å². The fourth-order valence-electron chi connectivity index (χ4n) is 2.93. The van der Waals surface area contributed by atoms with Crippen LogP contribution in [0.4, 0.5) is 0 Å². The molecule has 3 rings (SSSR count). The van der Waals surface area contributed by atoms with Crippen LogP contribution in [0.1, 0.15) is 19.4 Å². The summed E-state index contributed by atoms with van der Waals surface area (Å²) in [6, 6.07) is 10.7. The molecule has 0 unspecified atom stereocenters. The van der Waals surface area contributed by atoms with Gasteiger partial charge in [0.2, 0.25) is 4.80 Å². The Morgan fingerprint density at radius 2 is 1.94 bits per heavy atom. The predicted molar refractivity (Wildman–Crippen MR) is 128 cm³/mol. The van der Waals surface area contributed by atoms with Gasteiger partial charge in [0.25, 0.3) is 0 Å². The lowest BCUT2D eigenvalue weighted by Gasteiger charge is -2.11. The summed E-state index contributed by atoms with van der Waals surface area (Å²) in [6.07, 6.45) is 1.59. The third-order valence-electron chi connectivity index (χ3n) is 4.48. The summed E-state index contributed by atoms with van der Waals surface area (Å²) in [4.78, 5) is 5.33. The van der Waals surface area contributed by atoms with Crippen LogP contribution in [0.5, 0.6) is 23.0 Å². The first-order valence-corrected chi connectivity index (χ1v) is 10.9. The van der Waals surface area contributed by atoms with Crippen molar-refractivity contribution in [1.29, 1.82) is 0 Å². The molecule has 1 aromatic heterocycles. The van der Waals surface area contributed by atoms with Crippen LogP contribution in [0.2, 0.25) is 0 Å². The topological polar surface area (TPSA) is 77.6 Å². The number of methoxy groups -OCH3 is 2. The van der Waals surface area contributed by atoms with E-state index in [1.165, 1.54) is 11.3 Å². The van der Waals surface area contributed by atoms with Gasteiger partial charge in [-0.2, -0.15) is 5.10 Å². The summed E-state index contributed by atoms with van der Waals surface area (Å²) in [6.45, 7) is 8.76. The average molecular weight is 454 g/mol. The number of aromatic hydroxyl groups is 1. The second-order valence-corrected chi connectivity index (χ2v) is 7.79. The third-order valence-corrected chi connectivity index (χ3v) is 5.33. The first-order chi connectivity index (χ1) is 15.5. The Labute approximate surface area is 191 Å². The molecule has 168 valence electrons. The van der Waals surface area contributed by atoms with Gasteiger partial charge in [-0.1, -0.05) is 12.2 Å². The maximum Gasteiger partial charge on any atom is 0.206 e. The van der Waals surface area contributed by atoms with Gasteiger partial charge >= 0.3 is 0 Å². The van der Waals surface area contributed by atoms with E-state index >= 15 is 0 Å². The molecule has 0 atom stereocenters. The molecule has 0 spiro atoms. The number of phenolic OH excluding ortho intramolecular Hbond substituents is 1. The van der Waals surface area contributed by atoms with E-state index in [1.54, 1.807) is 43.3 Å². The highest BCUT2D eigenvalue weighted by Gasteiger charge is 2.14. The molecular formula is C24H27N3O4S. The molecule has 0 aliphatic carbocycles. The van der Waals surface area contributed by atoms with Gasteiger partial charge in [0.05, 0.1) is 39.3 Å². The van der Waals surface area contributed by atoms with Crippen LogP contribution in [-0.4, -0.2) is 43.4 Å². The quantitative estimate of drug-likeness (QED) is 0.376. The van der Waals surface area contributed by atoms with E-state index in [9.17, 15) is 5.11 Å². The Hall–Kier alpha value is -3.52. The summed E-state index contributed by atoms with van der Waals surface area (Å²) < 4.78 is 18.1. The minimum atomic E-state index is 0.0829. The average Bonchev–Trinajstić information content (AvgIpc) is 3.19. The fraction of sp³-hybridized carbons (Fsp3) is 0.250. The van der Waals surface area contributed by atoms with Crippen molar-refractivity contribution in [2.45, 2.75) is 13.8 Å². The first-order valence-electron chi connectivity index (χ1n) is 10.0. The van der Waals surface area contributed by atoms with Crippen molar-refractivity contribution in [3.8, 4) is 34.3 Å². The van der Waals surface area contributed by atoms with Crippen LogP contribution in [-0.2, 0) is 0 Å². The van der Waals surface area contributed by atoms with Gasteiger partial charge in [0.15, 0.2) is 0 Å². The number of thiazole rings is 1. The van der Waals surface area contributed by atoms with Crippen LogP contribution in [0.25, 0.3) is 11.3 Å². The van der Waals surface area contributed by atoms with E-state index < -0.39 is 0 Å². The van der Waals surface area contributed by atoms with E-state index in [1.807, 2.05) is 37.4 Å². The van der Waals surface area contributed by atoms with Crippen molar-refractivity contribution >= 4 is 17.6 Å². The Morgan fingerprint density at radius 3 is 2.59 bits per heavy atom. The zero-order chi connectivity index (χ0) is 23.1. The van der Waals surface area contributed by atoms with Crippen molar-refractivity contribution < 1.29 is 19.3 Å². The van der Waals surface area contributed by atoms with Crippen LogP contribution < -0.4 is 19.0 Å². The standard InChI is InChI=1S/C24H27N3O4S/c1-6-31-19-8-7-17(22(28)11-19)14-26-27-21(15-32-24(27)25-13-16(2)3)20-10-9-18(29-4)12-23(20)30-5/h7-12,14-15,28H,2,6,13H2,1,3-5H3. The molecule has 8 heteroatoms. The smallest absolute Gasteiger partial charge is 0.206 e. The number of rotatable bonds is 9. The van der Waals surface area contributed by atoms with E-state index in [0.29, 0.717) is 40.8 Å². The highest BCUT2D eigenvalue weighted by Crippen LogP contribution is 2.33. The predicted octanol–water partition coefficient (Wildman–Crippen LogP) is 4.70. The fourth-order valence-corrected chi connectivity index (χ4v) is 3.75. The lowest BCUT2D eigenvalue weighted by atomic mass is 10.1. The summed E-state index contributed by atoms with van der Waals surface area (Å²) in [5, 5.41) is 17.0. The highest BCUT2D eigenvalue weighted by molar-refractivity contribution is 7.07. The van der Waals surface area contributed by atoms with Gasteiger partial charge in [-0.3, -0.25) is 4.99 Å². The number of benzene rings is 2. The molecule has 0 saturated carbocycles. The molecule has 7 nitrogen and oxygen atoms in total. The lowest BCUT2D eigenvalue weighted by Crippen LogP contribution is -2.13. The maximum absolute atomic E-state index is 10.4.